The molecule has 0 bridgehead atoms. The zero-order valence-electron chi connectivity index (χ0n) is 18.6. The number of nitrogens with one attached hydrogen (secondary N) is 1. The van der Waals surface area contributed by atoms with Gasteiger partial charge in [-0.2, -0.15) is 0 Å². The van der Waals surface area contributed by atoms with Crippen LogP contribution in [-0.2, 0) is 28.9 Å². The second-order valence-electron chi connectivity index (χ2n) is 8.67. The van der Waals surface area contributed by atoms with Gasteiger partial charge in [0, 0.05) is 40.8 Å². The first-order valence-electron chi connectivity index (χ1n) is 11.3. The van der Waals surface area contributed by atoms with E-state index in [9.17, 15) is 19.5 Å². The maximum atomic E-state index is 12.7. The van der Waals surface area contributed by atoms with Gasteiger partial charge in [-0.25, -0.2) is 4.79 Å². The number of carboxylic acids is 1. The number of carbonyl (C=O) groups is 2. The molecule has 0 radical (unpaired) electrons. The minimum absolute atomic E-state index is 0.0256. The monoisotopic (exact) mass is 438 g/mol. The number of unbranched alkanes of at least 4 members (excludes halogenated alkanes) is 2. The Morgan fingerprint density at radius 2 is 1.75 bits per heavy atom. The molecule has 1 amide bonds. The zero-order chi connectivity index (χ0) is 22.8. The normalized spacial score (nSPS) is 13.4. The number of fused-ring (bicyclic) bond motifs is 4. The number of rotatable bonds is 8. The van der Waals surface area contributed by atoms with Crippen molar-refractivity contribution in [2.45, 2.75) is 71.6 Å². The van der Waals surface area contributed by atoms with Crippen molar-refractivity contribution in [1.29, 1.82) is 0 Å². The third kappa shape index (κ3) is 4.29. The minimum Gasteiger partial charge on any atom is -0.550 e. The number of amides is 1. The maximum absolute atomic E-state index is 12.7. The molecule has 7 nitrogen and oxygen atoms in total. The molecule has 7 heteroatoms. The summed E-state index contributed by atoms with van der Waals surface area (Å²) in [7, 11) is 0. The molecule has 32 heavy (non-hydrogen) atoms. The molecule has 1 aliphatic rings. The van der Waals surface area contributed by atoms with Gasteiger partial charge >= 0.3 is 5.63 Å². The summed E-state index contributed by atoms with van der Waals surface area (Å²) in [6, 6.07) is 2.04. The zero-order valence-corrected chi connectivity index (χ0v) is 18.6. The summed E-state index contributed by atoms with van der Waals surface area (Å²) in [6.45, 7) is 4.21. The predicted octanol–water partition coefficient (Wildman–Crippen LogP) is 3.00. The van der Waals surface area contributed by atoms with Crippen molar-refractivity contribution in [2.24, 2.45) is 0 Å². The number of aryl methyl sites for hydroxylation is 4. The molecule has 2 heterocycles. The van der Waals surface area contributed by atoms with Gasteiger partial charge in [0.25, 0.3) is 0 Å². The molecular weight excluding hydrogens is 410 g/mol. The van der Waals surface area contributed by atoms with Crippen LogP contribution >= 0.6 is 0 Å². The minimum atomic E-state index is -1.06. The fourth-order valence-corrected chi connectivity index (χ4v) is 4.64. The second-order valence-corrected chi connectivity index (χ2v) is 8.67. The Morgan fingerprint density at radius 1 is 1.00 bits per heavy atom. The average molecular weight is 439 g/mol. The van der Waals surface area contributed by atoms with Gasteiger partial charge in [-0.1, -0.05) is 6.42 Å². The van der Waals surface area contributed by atoms with Crippen LogP contribution in [0, 0.1) is 13.8 Å². The molecule has 1 aromatic carbocycles. The van der Waals surface area contributed by atoms with Gasteiger partial charge in [0.05, 0.1) is 12.0 Å². The van der Waals surface area contributed by atoms with E-state index < -0.39 is 11.6 Å². The highest BCUT2D eigenvalue weighted by atomic mass is 16.4. The molecule has 0 unspecified atom stereocenters. The van der Waals surface area contributed by atoms with E-state index in [0.29, 0.717) is 37.0 Å². The van der Waals surface area contributed by atoms with Crippen LogP contribution in [-0.4, -0.2) is 18.4 Å². The number of hydrogen-bond donors (Lipinski definition) is 1. The maximum Gasteiger partial charge on any atom is 0.340 e. The molecular formula is C25H28NO6-. The first kappa shape index (κ1) is 22.1. The first-order valence-corrected chi connectivity index (χ1v) is 11.3. The van der Waals surface area contributed by atoms with Crippen molar-refractivity contribution in [3.63, 3.8) is 0 Å². The summed E-state index contributed by atoms with van der Waals surface area (Å²) in [5.74, 6) is -0.280. The fraction of sp³-hybridized carbons (Fsp3) is 0.480. The van der Waals surface area contributed by atoms with Crippen LogP contribution < -0.4 is 16.0 Å². The molecule has 0 saturated heterocycles. The highest BCUT2D eigenvalue weighted by Crippen LogP contribution is 2.37. The van der Waals surface area contributed by atoms with E-state index in [-0.39, 0.29) is 18.7 Å². The van der Waals surface area contributed by atoms with Crippen LogP contribution in [0.25, 0.3) is 21.9 Å². The second kappa shape index (κ2) is 9.18. The van der Waals surface area contributed by atoms with E-state index in [1.807, 2.05) is 19.9 Å². The van der Waals surface area contributed by atoms with Crippen molar-refractivity contribution < 1.29 is 23.5 Å². The van der Waals surface area contributed by atoms with Crippen molar-refractivity contribution in [3.8, 4) is 0 Å². The predicted molar refractivity (Wildman–Crippen MR) is 119 cm³/mol. The molecule has 0 saturated carbocycles. The van der Waals surface area contributed by atoms with E-state index >= 15 is 0 Å². The van der Waals surface area contributed by atoms with Gasteiger partial charge in [0.2, 0.25) is 5.91 Å². The van der Waals surface area contributed by atoms with E-state index in [2.05, 4.69) is 5.32 Å². The smallest absolute Gasteiger partial charge is 0.340 e. The summed E-state index contributed by atoms with van der Waals surface area (Å²) in [6.07, 6.45) is 6.04. The molecule has 1 aliphatic carbocycles. The quantitative estimate of drug-likeness (QED) is 0.427. The van der Waals surface area contributed by atoms with Gasteiger partial charge in [-0.15, -0.1) is 0 Å². The van der Waals surface area contributed by atoms with Crippen LogP contribution in [0.1, 0.15) is 66.5 Å². The van der Waals surface area contributed by atoms with Gasteiger partial charge < -0.3 is 24.1 Å². The summed E-state index contributed by atoms with van der Waals surface area (Å²) < 4.78 is 11.8. The fourth-order valence-electron chi connectivity index (χ4n) is 4.64. The molecule has 4 rings (SSSR count). The van der Waals surface area contributed by atoms with Crippen molar-refractivity contribution in [1.82, 2.24) is 5.32 Å². The third-order valence-electron chi connectivity index (χ3n) is 6.44. The molecule has 0 fully saturated rings. The van der Waals surface area contributed by atoms with Gasteiger partial charge in [0.15, 0.2) is 0 Å². The standard InChI is InChI=1S/C25H29NO6/c1-14-17-12-19-16-8-5-6-9-20(16)31-24(19)15(2)23(17)32-25(30)18(14)13-21(27)26-11-7-3-4-10-22(28)29/h12H,3-11,13H2,1-2H3,(H,26,27)(H,28,29)/p-1. The molecule has 3 aromatic rings. The van der Waals surface area contributed by atoms with Crippen molar-refractivity contribution >= 4 is 33.8 Å². The summed E-state index contributed by atoms with van der Waals surface area (Å²) in [4.78, 5) is 35.5. The van der Waals surface area contributed by atoms with Gasteiger partial charge in [-0.05, 0) is 64.0 Å². The SMILES string of the molecule is Cc1c(CC(=O)NCCCCCC(=O)[O-])c(=O)oc2c(C)c3oc4c(c3cc12)CCCC4. The first-order chi connectivity index (χ1) is 15.4. The van der Waals surface area contributed by atoms with Crippen molar-refractivity contribution in [2.75, 3.05) is 6.54 Å². The number of carboxylic acid groups (broad SMARTS) is 1. The van der Waals surface area contributed by atoms with Crippen molar-refractivity contribution in [3.05, 3.63) is 44.5 Å². The molecule has 170 valence electrons. The Bertz CT molecular complexity index is 1250. The lowest BCUT2D eigenvalue weighted by Gasteiger charge is -2.11. The Balaban J connectivity index is 1.56. The number of carbonyl (C=O) groups excluding carboxylic acids is 2. The largest absolute Gasteiger partial charge is 0.550 e. The van der Waals surface area contributed by atoms with Crippen LogP contribution in [0.5, 0.6) is 0 Å². The lowest BCUT2D eigenvalue weighted by atomic mass is 9.93. The summed E-state index contributed by atoms with van der Waals surface area (Å²) in [5, 5.41) is 15.1. The summed E-state index contributed by atoms with van der Waals surface area (Å²) in [5.41, 5.74) is 4.00. The van der Waals surface area contributed by atoms with Crippen LogP contribution in [0.4, 0.5) is 0 Å². The molecule has 0 atom stereocenters. The number of furan rings is 1. The van der Waals surface area contributed by atoms with Gasteiger partial charge in [-0.3, -0.25) is 4.79 Å². The highest BCUT2D eigenvalue weighted by Gasteiger charge is 2.23. The summed E-state index contributed by atoms with van der Waals surface area (Å²) >= 11 is 0. The van der Waals surface area contributed by atoms with Crippen LogP contribution in [0.2, 0.25) is 0 Å². The molecule has 1 N–H and O–H groups in total. The number of aliphatic carboxylic acids is 1. The Morgan fingerprint density at radius 3 is 2.53 bits per heavy atom. The van der Waals surface area contributed by atoms with E-state index in [1.54, 1.807) is 0 Å². The Hall–Kier alpha value is -3.09. The number of benzene rings is 1. The van der Waals surface area contributed by atoms with Gasteiger partial charge in [0.1, 0.15) is 16.9 Å². The topological polar surface area (TPSA) is 113 Å². The lowest BCUT2D eigenvalue weighted by molar-refractivity contribution is -0.305. The molecule has 0 aliphatic heterocycles. The number of hydrogen-bond acceptors (Lipinski definition) is 6. The average Bonchev–Trinajstić information content (AvgIpc) is 3.13. The lowest BCUT2D eigenvalue weighted by Crippen LogP contribution is -2.28. The van der Waals surface area contributed by atoms with Crippen LogP contribution in [0.3, 0.4) is 0 Å². The molecule has 2 aromatic heterocycles. The van der Waals surface area contributed by atoms with E-state index in [0.717, 1.165) is 58.9 Å². The Kier molecular flexibility index (Phi) is 6.35. The highest BCUT2D eigenvalue weighted by molar-refractivity contribution is 6.00. The molecule has 0 spiro atoms. The third-order valence-corrected chi connectivity index (χ3v) is 6.44. The van der Waals surface area contributed by atoms with E-state index in [4.69, 9.17) is 8.83 Å². The van der Waals surface area contributed by atoms with Crippen LogP contribution in [0.15, 0.2) is 19.7 Å². The Labute approximate surface area is 185 Å². The van der Waals surface area contributed by atoms with E-state index in [1.165, 1.54) is 5.56 Å².